The first-order valence-electron chi connectivity index (χ1n) is 8.82. The van der Waals surface area contributed by atoms with Crippen LogP contribution in [0.25, 0.3) is 33.4 Å². The molecule has 2 N–H and O–H groups in total. The van der Waals surface area contributed by atoms with E-state index in [-0.39, 0.29) is 10.3 Å². The minimum atomic E-state index is -3.83. The number of para-hydroxylation sites is 1. The van der Waals surface area contributed by atoms with E-state index in [1.54, 1.807) is 61.7 Å². The van der Waals surface area contributed by atoms with Gasteiger partial charge in [-0.05, 0) is 70.0 Å². The number of ether oxygens (including phenoxy) is 1. The summed E-state index contributed by atoms with van der Waals surface area (Å²) in [5, 5.41) is 5.64. The summed E-state index contributed by atoms with van der Waals surface area (Å²) in [6, 6.07) is 18.2. The topological polar surface area (TPSA) is 99.6 Å². The summed E-state index contributed by atoms with van der Waals surface area (Å²) in [5.74, 6) is 0.958. The molecule has 0 saturated carbocycles. The van der Waals surface area contributed by atoms with Crippen LogP contribution < -0.4 is 15.3 Å². The van der Waals surface area contributed by atoms with Gasteiger partial charge in [-0.3, -0.25) is 4.79 Å². The maximum absolute atomic E-state index is 13.4. The fourth-order valence-corrected chi connectivity index (χ4v) is 4.28. The predicted octanol–water partition coefficient (Wildman–Crippen LogP) is 4.55. The molecule has 0 radical (unpaired) electrons. The maximum Gasteiger partial charge on any atom is 0.238 e. The summed E-state index contributed by atoms with van der Waals surface area (Å²) >= 11 is 3.45. The molecule has 152 valence electrons. The maximum atomic E-state index is 13.4. The highest BCUT2D eigenvalue weighted by atomic mass is 79.9. The van der Waals surface area contributed by atoms with E-state index in [2.05, 4.69) is 15.9 Å². The summed E-state index contributed by atoms with van der Waals surface area (Å²) in [6.07, 6.45) is 0. The quantitative estimate of drug-likeness (QED) is 0.457. The summed E-state index contributed by atoms with van der Waals surface area (Å²) in [7, 11) is -2.27. The van der Waals surface area contributed by atoms with Gasteiger partial charge >= 0.3 is 0 Å². The highest BCUT2D eigenvalue weighted by Gasteiger charge is 2.19. The third-order valence-corrected chi connectivity index (χ3v) is 6.23. The van der Waals surface area contributed by atoms with Crippen LogP contribution in [-0.4, -0.2) is 15.5 Å². The lowest BCUT2D eigenvalue weighted by Gasteiger charge is -2.12. The van der Waals surface area contributed by atoms with Crippen molar-refractivity contribution in [2.45, 2.75) is 4.90 Å². The van der Waals surface area contributed by atoms with Crippen LogP contribution in [-0.2, 0) is 10.0 Å². The number of nitrogens with two attached hydrogens (primary N) is 1. The Kier molecular flexibility index (Phi) is 5.23. The molecule has 0 amide bonds. The Morgan fingerprint density at radius 3 is 2.27 bits per heavy atom. The van der Waals surface area contributed by atoms with Gasteiger partial charge in [0.2, 0.25) is 15.5 Å². The molecule has 0 aliphatic rings. The van der Waals surface area contributed by atoms with Gasteiger partial charge in [0, 0.05) is 5.56 Å². The van der Waals surface area contributed by atoms with E-state index in [9.17, 15) is 13.2 Å². The molecule has 8 heteroatoms. The highest BCUT2D eigenvalue weighted by Crippen LogP contribution is 2.36. The zero-order chi connectivity index (χ0) is 21.5. The molecule has 4 aromatic rings. The molecular weight excluding hydrogens is 470 g/mol. The van der Waals surface area contributed by atoms with E-state index in [1.807, 2.05) is 0 Å². The fourth-order valence-electron chi connectivity index (χ4n) is 3.23. The van der Waals surface area contributed by atoms with Crippen molar-refractivity contribution in [3.8, 4) is 28.2 Å². The predicted molar refractivity (Wildman–Crippen MR) is 119 cm³/mol. The van der Waals surface area contributed by atoms with Gasteiger partial charge in [-0.1, -0.05) is 18.2 Å². The van der Waals surface area contributed by atoms with Gasteiger partial charge < -0.3 is 9.15 Å². The Morgan fingerprint density at radius 1 is 0.967 bits per heavy atom. The van der Waals surface area contributed by atoms with Gasteiger partial charge in [0.05, 0.1) is 27.4 Å². The second kappa shape index (κ2) is 7.71. The Bertz CT molecular complexity index is 1430. The minimum absolute atomic E-state index is 0.0249. The van der Waals surface area contributed by atoms with Gasteiger partial charge in [0.15, 0.2) is 0 Å². The van der Waals surface area contributed by atoms with E-state index in [0.717, 1.165) is 0 Å². The summed E-state index contributed by atoms with van der Waals surface area (Å²) in [4.78, 5) is 13.4. The molecule has 1 aromatic heterocycles. The van der Waals surface area contributed by atoms with Gasteiger partial charge in [0.1, 0.15) is 17.1 Å². The third kappa shape index (κ3) is 3.65. The molecule has 0 bridgehead atoms. The molecule has 0 aliphatic heterocycles. The van der Waals surface area contributed by atoms with Gasteiger partial charge in [-0.2, -0.15) is 0 Å². The molecular formula is C22H16BrNO5S. The lowest BCUT2D eigenvalue weighted by atomic mass is 9.98. The van der Waals surface area contributed by atoms with E-state index >= 15 is 0 Å². The molecule has 0 saturated heterocycles. The van der Waals surface area contributed by atoms with Crippen molar-refractivity contribution in [1.29, 1.82) is 0 Å². The summed E-state index contributed by atoms with van der Waals surface area (Å²) in [5.41, 5.74) is 1.78. The number of benzene rings is 3. The minimum Gasteiger partial charge on any atom is -0.496 e. The van der Waals surface area contributed by atoms with Crippen LogP contribution in [0.15, 0.2) is 85.3 Å². The Labute approximate surface area is 181 Å². The Morgan fingerprint density at radius 2 is 1.63 bits per heavy atom. The molecule has 0 spiro atoms. The monoisotopic (exact) mass is 485 g/mol. The second-order valence-electron chi connectivity index (χ2n) is 6.55. The van der Waals surface area contributed by atoms with Gasteiger partial charge in [-0.25, -0.2) is 13.6 Å². The van der Waals surface area contributed by atoms with Crippen molar-refractivity contribution in [1.82, 2.24) is 0 Å². The average molecular weight is 486 g/mol. The summed E-state index contributed by atoms with van der Waals surface area (Å²) in [6.45, 7) is 0. The average Bonchev–Trinajstić information content (AvgIpc) is 2.73. The zero-order valence-electron chi connectivity index (χ0n) is 15.8. The highest BCUT2D eigenvalue weighted by molar-refractivity contribution is 9.10. The van der Waals surface area contributed by atoms with E-state index in [4.69, 9.17) is 14.3 Å². The molecule has 30 heavy (non-hydrogen) atoms. The summed E-state index contributed by atoms with van der Waals surface area (Å²) < 4.78 is 35.2. The van der Waals surface area contributed by atoms with Gasteiger partial charge in [0.25, 0.3) is 0 Å². The lowest BCUT2D eigenvalue weighted by molar-refractivity contribution is 0.412. The largest absolute Gasteiger partial charge is 0.496 e. The Hall–Kier alpha value is -2.94. The van der Waals surface area contributed by atoms with Crippen LogP contribution in [0.3, 0.4) is 0 Å². The van der Waals surface area contributed by atoms with Crippen molar-refractivity contribution in [2.75, 3.05) is 7.11 Å². The van der Waals surface area contributed by atoms with Crippen LogP contribution in [0.5, 0.6) is 5.75 Å². The van der Waals surface area contributed by atoms with Crippen molar-refractivity contribution >= 4 is 36.9 Å². The van der Waals surface area contributed by atoms with Crippen molar-refractivity contribution < 1.29 is 17.6 Å². The molecule has 4 rings (SSSR count). The fraction of sp³-hybridized carbons (Fsp3) is 0.0455. The first kappa shape index (κ1) is 20.3. The van der Waals surface area contributed by atoms with Gasteiger partial charge in [-0.15, -0.1) is 0 Å². The molecule has 0 aliphatic carbocycles. The second-order valence-corrected chi connectivity index (χ2v) is 8.97. The number of rotatable bonds is 4. The Balaban J connectivity index is 2.02. The normalized spacial score (nSPS) is 11.6. The van der Waals surface area contributed by atoms with E-state index in [0.29, 0.717) is 43.6 Å². The van der Waals surface area contributed by atoms with Crippen LogP contribution in [0.4, 0.5) is 0 Å². The number of methoxy groups -OCH3 is 1. The first-order valence-corrected chi connectivity index (χ1v) is 11.2. The zero-order valence-corrected chi connectivity index (χ0v) is 18.2. The van der Waals surface area contributed by atoms with Crippen LogP contribution in [0.1, 0.15) is 0 Å². The number of fused-ring (bicyclic) bond motifs is 1. The molecule has 3 aromatic carbocycles. The smallest absolute Gasteiger partial charge is 0.238 e. The molecule has 0 unspecified atom stereocenters. The molecule has 0 fully saturated rings. The lowest BCUT2D eigenvalue weighted by Crippen LogP contribution is -2.12. The van der Waals surface area contributed by atoms with Crippen LogP contribution in [0.2, 0.25) is 0 Å². The van der Waals surface area contributed by atoms with Crippen LogP contribution in [0, 0.1) is 0 Å². The number of hydrogen-bond donors (Lipinski definition) is 1. The number of hydrogen-bond acceptors (Lipinski definition) is 5. The molecule has 6 nitrogen and oxygen atoms in total. The standard InChI is InChI=1S/C22H16BrNO5S/c1-28-19-11-8-14(12-17(19)23)20-21(25)16-4-2-3-5-18(16)29-22(20)13-6-9-15(10-7-13)30(24,26)27/h2-12H,1H3,(H2,24,26,27). The SMILES string of the molecule is COc1ccc(-c2c(-c3ccc(S(N)(=O)=O)cc3)oc3ccccc3c2=O)cc1Br. The van der Waals surface area contributed by atoms with Crippen LogP contribution >= 0.6 is 15.9 Å². The van der Waals surface area contributed by atoms with Crippen molar-refractivity contribution in [3.63, 3.8) is 0 Å². The van der Waals surface area contributed by atoms with Crippen molar-refractivity contribution in [2.24, 2.45) is 5.14 Å². The number of halogens is 1. The molecule has 0 atom stereocenters. The number of sulfonamides is 1. The first-order chi connectivity index (χ1) is 14.3. The third-order valence-electron chi connectivity index (χ3n) is 4.68. The molecule has 1 heterocycles. The van der Waals surface area contributed by atoms with E-state index in [1.165, 1.54) is 12.1 Å². The van der Waals surface area contributed by atoms with E-state index < -0.39 is 10.0 Å². The van der Waals surface area contributed by atoms with Crippen molar-refractivity contribution in [3.05, 3.63) is 81.4 Å². The number of primary sulfonamides is 1.